The van der Waals surface area contributed by atoms with E-state index in [-0.39, 0.29) is 5.41 Å². The molecule has 4 nitrogen and oxygen atoms in total. The van der Waals surface area contributed by atoms with Crippen LogP contribution in [0.4, 0.5) is 0 Å². The molecule has 0 aliphatic carbocycles. The number of imidazole rings is 2. The van der Waals surface area contributed by atoms with Crippen LogP contribution in [-0.4, -0.2) is 19.1 Å². The molecule has 0 fully saturated rings. The molecule has 0 spiro atoms. The van der Waals surface area contributed by atoms with Gasteiger partial charge in [0.1, 0.15) is 11.6 Å². The first-order valence-corrected chi connectivity index (χ1v) is 14.6. The minimum absolute atomic E-state index is 0.0582. The molecule has 5 aromatic carbocycles. The van der Waals surface area contributed by atoms with E-state index in [1.165, 1.54) is 16.7 Å². The Bertz CT molecular complexity index is 1870. The first-order valence-electron chi connectivity index (χ1n) is 14.6. The molecule has 2 heterocycles. The quantitative estimate of drug-likeness (QED) is 0.208. The number of para-hydroxylation sites is 4. The standard InChI is InChI=1S/C38H34N4/c1-38(2,3)31-23-29(36-39-32-18-10-12-20-34(32)41(36)25-27-14-6-4-7-15-27)22-30(24-31)37-40-33-19-11-13-21-35(33)42(37)26-28-16-8-5-9-17-28/h4-24H,25-26H2,1-3H3. The molecule has 0 radical (unpaired) electrons. The number of hydrogen-bond donors (Lipinski definition) is 0. The summed E-state index contributed by atoms with van der Waals surface area (Å²) in [6.07, 6.45) is 0. The Morgan fingerprint density at radius 2 is 0.905 bits per heavy atom. The molecular formula is C38H34N4. The second kappa shape index (κ2) is 10.5. The summed E-state index contributed by atoms with van der Waals surface area (Å²) in [5.74, 6) is 1.94. The highest BCUT2D eigenvalue weighted by Crippen LogP contribution is 2.36. The Labute approximate surface area is 246 Å². The SMILES string of the molecule is CC(C)(C)c1cc(-c2nc3ccccc3n2Cc2ccccc2)cc(-c2nc3ccccc3n2Cc2ccccc2)c1. The van der Waals surface area contributed by atoms with E-state index in [4.69, 9.17) is 9.97 Å². The van der Waals surface area contributed by atoms with Crippen LogP contribution in [0.2, 0.25) is 0 Å². The second-order valence-electron chi connectivity index (χ2n) is 12.0. The van der Waals surface area contributed by atoms with Gasteiger partial charge in [-0.25, -0.2) is 9.97 Å². The van der Waals surface area contributed by atoms with Gasteiger partial charge in [-0.15, -0.1) is 0 Å². The van der Waals surface area contributed by atoms with Crippen LogP contribution in [0.25, 0.3) is 44.8 Å². The van der Waals surface area contributed by atoms with Gasteiger partial charge < -0.3 is 9.13 Å². The molecule has 0 bridgehead atoms. The van der Waals surface area contributed by atoms with Crippen molar-refractivity contribution in [1.29, 1.82) is 0 Å². The predicted molar refractivity (Wildman–Crippen MR) is 174 cm³/mol. The van der Waals surface area contributed by atoms with Gasteiger partial charge in [0.25, 0.3) is 0 Å². The summed E-state index contributed by atoms with van der Waals surface area (Å²) < 4.78 is 4.70. The zero-order chi connectivity index (χ0) is 28.7. The van der Waals surface area contributed by atoms with Crippen LogP contribution in [0.3, 0.4) is 0 Å². The van der Waals surface area contributed by atoms with E-state index in [9.17, 15) is 0 Å². The summed E-state index contributed by atoms with van der Waals surface area (Å²) in [7, 11) is 0. The summed E-state index contributed by atoms with van der Waals surface area (Å²) in [4.78, 5) is 10.4. The topological polar surface area (TPSA) is 35.6 Å². The lowest BCUT2D eigenvalue weighted by Gasteiger charge is -2.22. The number of benzene rings is 5. The minimum atomic E-state index is -0.0582. The Balaban J connectivity index is 1.45. The molecule has 7 aromatic rings. The second-order valence-corrected chi connectivity index (χ2v) is 12.0. The van der Waals surface area contributed by atoms with Gasteiger partial charge in [-0.3, -0.25) is 0 Å². The van der Waals surface area contributed by atoms with Gasteiger partial charge >= 0.3 is 0 Å². The van der Waals surface area contributed by atoms with E-state index in [1.807, 2.05) is 0 Å². The normalized spacial score (nSPS) is 11.9. The Morgan fingerprint density at radius 3 is 1.33 bits per heavy atom. The average molecular weight is 547 g/mol. The number of nitrogens with zero attached hydrogens (tertiary/aromatic N) is 4. The molecule has 0 saturated carbocycles. The molecule has 42 heavy (non-hydrogen) atoms. The molecule has 0 aliphatic heterocycles. The largest absolute Gasteiger partial charge is 0.319 e. The van der Waals surface area contributed by atoms with Crippen molar-refractivity contribution in [2.24, 2.45) is 0 Å². The van der Waals surface area contributed by atoms with Crippen molar-refractivity contribution < 1.29 is 0 Å². The summed E-state index contributed by atoms with van der Waals surface area (Å²) in [6.45, 7) is 8.32. The number of fused-ring (bicyclic) bond motifs is 2. The molecule has 0 N–H and O–H groups in total. The van der Waals surface area contributed by atoms with E-state index in [1.54, 1.807) is 0 Å². The smallest absolute Gasteiger partial charge is 0.141 e. The predicted octanol–water partition coefficient (Wildman–Crippen LogP) is 9.11. The highest BCUT2D eigenvalue weighted by atomic mass is 15.1. The maximum absolute atomic E-state index is 5.21. The highest BCUT2D eigenvalue weighted by molar-refractivity contribution is 5.84. The number of rotatable bonds is 6. The van der Waals surface area contributed by atoms with Gasteiger partial charge in [0.15, 0.2) is 0 Å². The maximum Gasteiger partial charge on any atom is 0.141 e. The third-order valence-electron chi connectivity index (χ3n) is 7.99. The van der Waals surface area contributed by atoms with Crippen molar-refractivity contribution in [2.75, 3.05) is 0 Å². The van der Waals surface area contributed by atoms with Gasteiger partial charge in [-0.05, 0) is 64.6 Å². The fourth-order valence-electron chi connectivity index (χ4n) is 5.76. The Kier molecular flexibility index (Phi) is 6.47. The zero-order valence-corrected chi connectivity index (χ0v) is 24.3. The maximum atomic E-state index is 5.21. The van der Waals surface area contributed by atoms with Crippen LogP contribution in [0, 0.1) is 0 Å². The highest BCUT2D eigenvalue weighted by Gasteiger charge is 2.22. The van der Waals surface area contributed by atoms with Gasteiger partial charge in [0.2, 0.25) is 0 Å². The first kappa shape index (κ1) is 26.0. The fourth-order valence-corrected chi connectivity index (χ4v) is 5.76. The lowest BCUT2D eigenvalue weighted by Crippen LogP contribution is -2.12. The molecule has 2 aromatic heterocycles. The monoisotopic (exact) mass is 546 g/mol. The van der Waals surface area contributed by atoms with E-state index in [2.05, 4.69) is 157 Å². The van der Waals surface area contributed by atoms with Crippen LogP contribution >= 0.6 is 0 Å². The molecule has 0 unspecified atom stereocenters. The van der Waals surface area contributed by atoms with E-state index < -0.39 is 0 Å². The van der Waals surface area contributed by atoms with Crippen molar-refractivity contribution in [3.05, 3.63) is 144 Å². The lowest BCUT2D eigenvalue weighted by atomic mass is 9.84. The van der Waals surface area contributed by atoms with Crippen LogP contribution in [0.15, 0.2) is 127 Å². The van der Waals surface area contributed by atoms with Gasteiger partial charge in [0, 0.05) is 24.2 Å². The summed E-state index contributed by atoms with van der Waals surface area (Å²) >= 11 is 0. The first-order chi connectivity index (χ1) is 20.4. The molecule has 0 amide bonds. The molecular weight excluding hydrogens is 512 g/mol. The third kappa shape index (κ3) is 4.90. The van der Waals surface area contributed by atoms with Crippen LogP contribution in [0.5, 0.6) is 0 Å². The van der Waals surface area contributed by atoms with Crippen LogP contribution in [-0.2, 0) is 18.5 Å². The zero-order valence-electron chi connectivity index (χ0n) is 24.3. The fraction of sp³-hybridized carbons (Fsp3) is 0.158. The Hall–Kier alpha value is -4.96. The molecule has 7 rings (SSSR count). The summed E-state index contributed by atoms with van der Waals surface area (Å²) in [5.41, 5.74) is 10.2. The average Bonchev–Trinajstić information content (AvgIpc) is 3.56. The van der Waals surface area contributed by atoms with E-state index in [0.29, 0.717) is 0 Å². The Morgan fingerprint density at radius 1 is 0.500 bits per heavy atom. The van der Waals surface area contributed by atoms with Gasteiger partial charge in [0.05, 0.1) is 22.1 Å². The van der Waals surface area contributed by atoms with Crippen molar-refractivity contribution >= 4 is 22.1 Å². The summed E-state index contributed by atoms with van der Waals surface area (Å²) in [6, 6.07) is 45.0. The van der Waals surface area contributed by atoms with Crippen molar-refractivity contribution in [2.45, 2.75) is 39.3 Å². The van der Waals surface area contributed by atoms with Crippen LogP contribution in [0.1, 0.15) is 37.5 Å². The van der Waals surface area contributed by atoms with Crippen LogP contribution < -0.4 is 0 Å². The van der Waals surface area contributed by atoms with Crippen molar-refractivity contribution in [1.82, 2.24) is 19.1 Å². The molecule has 4 heteroatoms. The molecule has 0 saturated heterocycles. The summed E-state index contributed by atoms with van der Waals surface area (Å²) in [5, 5.41) is 0. The minimum Gasteiger partial charge on any atom is -0.319 e. The number of hydrogen-bond acceptors (Lipinski definition) is 2. The van der Waals surface area contributed by atoms with Crippen molar-refractivity contribution in [3.8, 4) is 22.8 Å². The van der Waals surface area contributed by atoms with Gasteiger partial charge in [-0.1, -0.05) is 106 Å². The van der Waals surface area contributed by atoms with Crippen molar-refractivity contribution in [3.63, 3.8) is 0 Å². The third-order valence-corrected chi connectivity index (χ3v) is 7.99. The van der Waals surface area contributed by atoms with Gasteiger partial charge in [-0.2, -0.15) is 0 Å². The molecule has 0 aliphatic rings. The van der Waals surface area contributed by atoms with E-state index in [0.717, 1.165) is 57.9 Å². The number of aromatic nitrogens is 4. The van der Waals surface area contributed by atoms with E-state index >= 15 is 0 Å². The lowest BCUT2D eigenvalue weighted by molar-refractivity contribution is 0.590. The molecule has 0 atom stereocenters. The molecule has 206 valence electrons.